The van der Waals surface area contributed by atoms with Crippen molar-refractivity contribution >= 4 is 12.0 Å². The molecule has 1 heterocycles. The van der Waals surface area contributed by atoms with Gasteiger partial charge in [-0.2, -0.15) is 0 Å². The summed E-state index contributed by atoms with van der Waals surface area (Å²) in [5.74, 6) is -0.246. The molecule has 0 aliphatic carbocycles. The Balaban J connectivity index is 1.50. The lowest BCUT2D eigenvalue weighted by atomic mass is 9.91. The second kappa shape index (κ2) is 16.0. The fraction of sp³-hybridized carbons (Fsp3) is 0.316. The number of hydrogen-bond acceptors (Lipinski definition) is 5. The Kier molecular flexibility index (Phi) is 11.4. The highest BCUT2D eigenvalue weighted by molar-refractivity contribution is 5.87. The van der Waals surface area contributed by atoms with Gasteiger partial charge in [-0.05, 0) is 35.1 Å². The highest BCUT2D eigenvalue weighted by Gasteiger charge is 2.46. The molecule has 45 heavy (non-hydrogen) atoms. The van der Waals surface area contributed by atoms with Crippen LogP contribution < -0.4 is 0 Å². The quantitative estimate of drug-likeness (QED) is 0.205. The zero-order valence-corrected chi connectivity index (χ0v) is 25.9. The van der Waals surface area contributed by atoms with E-state index < -0.39 is 24.3 Å². The first kappa shape index (κ1) is 31.9. The summed E-state index contributed by atoms with van der Waals surface area (Å²) in [7, 11) is 0. The van der Waals surface area contributed by atoms with Crippen molar-refractivity contribution in [1.82, 2.24) is 14.7 Å². The van der Waals surface area contributed by atoms with Crippen molar-refractivity contribution in [1.29, 1.82) is 0 Å². The molecule has 0 bridgehead atoms. The Bertz CT molecular complexity index is 1430. The average Bonchev–Trinajstić information content (AvgIpc) is 3.08. The second-order valence-electron chi connectivity index (χ2n) is 11.6. The van der Waals surface area contributed by atoms with E-state index in [0.29, 0.717) is 32.6 Å². The Morgan fingerprint density at radius 2 is 1.27 bits per heavy atom. The SMILES string of the molecule is CCCN1CCN(C(=O)OCc2ccccc2)[C@@H]([C@@H](O)[C@H](Cc2ccccc2)N(Cc2ccccc2)Cc2ccccc2)C1=O. The molecule has 4 aromatic rings. The van der Waals surface area contributed by atoms with Crippen LogP contribution in [0, 0.1) is 0 Å². The number of ether oxygens (including phenoxy) is 1. The molecule has 7 nitrogen and oxygen atoms in total. The zero-order chi connectivity index (χ0) is 31.4. The summed E-state index contributed by atoms with van der Waals surface area (Å²) in [4.78, 5) is 33.2. The van der Waals surface area contributed by atoms with Crippen LogP contribution in [-0.4, -0.2) is 69.6 Å². The van der Waals surface area contributed by atoms with E-state index >= 15 is 0 Å². The van der Waals surface area contributed by atoms with Crippen LogP contribution in [-0.2, 0) is 35.6 Å². The van der Waals surface area contributed by atoms with E-state index in [0.717, 1.165) is 28.7 Å². The molecule has 0 radical (unpaired) electrons. The van der Waals surface area contributed by atoms with Crippen molar-refractivity contribution in [3.05, 3.63) is 144 Å². The summed E-state index contributed by atoms with van der Waals surface area (Å²) in [5.41, 5.74) is 4.10. The molecule has 1 saturated heterocycles. The van der Waals surface area contributed by atoms with E-state index in [2.05, 4.69) is 29.2 Å². The highest BCUT2D eigenvalue weighted by atomic mass is 16.6. The van der Waals surface area contributed by atoms with Crippen LogP contribution >= 0.6 is 0 Å². The standard InChI is InChI=1S/C38H43N3O4/c1-2-23-39-24-25-41(38(44)45-29-33-21-13-6-14-22-33)35(37(39)43)36(42)34(26-30-15-7-3-8-16-30)40(27-31-17-9-4-10-18-31)28-32-19-11-5-12-20-32/h3-22,34-36,42H,2,23-29H2,1H3/t34-,35-,36-/m0/s1. The first-order valence-electron chi connectivity index (χ1n) is 15.8. The van der Waals surface area contributed by atoms with Gasteiger partial charge >= 0.3 is 6.09 Å². The largest absolute Gasteiger partial charge is 0.445 e. The minimum absolute atomic E-state index is 0.0907. The lowest BCUT2D eigenvalue weighted by Crippen LogP contribution is -2.66. The van der Waals surface area contributed by atoms with E-state index in [1.807, 2.05) is 104 Å². The maximum absolute atomic E-state index is 14.1. The molecule has 2 amide bonds. The average molecular weight is 606 g/mol. The monoisotopic (exact) mass is 605 g/mol. The van der Waals surface area contributed by atoms with E-state index in [-0.39, 0.29) is 19.1 Å². The van der Waals surface area contributed by atoms with Crippen molar-refractivity contribution in [2.75, 3.05) is 19.6 Å². The van der Waals surface area contributed by atoms with E-state index in [9.17, 15) is 14.7 Å². The van der Waals surface area contributed by atoms with Gasteiger partial charge in [0.1, 0.15) is 12.6 Å². The first-order valence-corrected chi connectivity index (χ1v) is 15.8. The number of nitrogens with zero attached hydrogens (tertiary/aromatic N) is 3. The highest BCUT2D eigenvalue weighted by Crippen LogP contribution is 2.26. The Hall–Kier alpha value is -4.46. The van der Waals surface area contributed by atoms with Crippen LogP contribution in [0.25, 0.3) is 0 Å². The van der Waals surface area contributed by atoms with Crippen LogP contribution in [0.2, 0.25) is 0 Å². The molecule has 7 heteroatoms. The molecule has 234 valence electrons. The molecule has 5 rings (SSSR count). The number of amides is 2. The topological polar surface area (TPSA) is 73.3 Å². The predicted octanol–water partition coefficient (Wildman–Crippen LogP) is 5.92. The van der Waals surface area contributed by atoms with Gasteiger partial charge in [-0.25, -0.2) is 4.79 Å². The van der Waals surface area contributed by atoms with Gasteiger partial charge < -0.3 is 14.7 Å². The second-order valence-corrected chi connectivity index (χ2v) is 11.6. The number of carbonyl (C=O) groups is 2. The minimum Gasteiger partial charge on any atom is -0.445 e. The summed E-state index contributed by atoms with van der Waals surface area (Å²) in [6.45, 7) is 4.49. The molecule has 0 unspecified atom stereocenters. The summed E-state index contributed by atoms with van der Waals surface area (Å²) < 4.78 is 5.73. The van der Waals surface area contributed by atoms with Crippen molar-refractivity contribution in [2.24, 2.45) is 0 Å². The fourth-order valence-corrected chi connectivity index (χ4v) is 6.09. The van der Waals surface area contributed by atoms with Gasteiger partial charge in [-0.15, -0.1) is 0 Å². The maximum atomic E-state index is 14.1. The first-order chi connectivity index (χ1) is 22.0. The third-order valence-electron chi connectivity index (χ3n) is 8.38. The van der Waals surface area contributed by atoms with Gasteiger partial charge in [-0.1, -0.05) is 128 Å². The van der Waals surface area contributed by atoms with Crippen LogP contribution in [0.5, 0.6) is 0 Å². The number of rotatable bonds is 13. The molecule has 4 aromatic carbocycles. The maximum Gasteiger partial charge on any atom is 0.410 e. The number of benzene rings is 4. The van der Waals surface area contributed by atoms with Gasteiger partial charge in [0.05, 0.1) is 6.10 Å². The van der Waals surface area contributed by atoms with E-state index in [4.69, 9.17) is 4.74 Å². The number of hydrogen-bond donors (Lipinski definition) is 1. The Morgan fingerprint density at radius 1 is 0.778 bits per heavy atom. The number of aliphatic hydroxyl groups is 1. The lowest BCUT2D eigenvalue weighted by molar-refractivity contribution is -0.149. The number of aliphatic hydroxyl groups excluding tert-OH is 1. The third kappa shape index (κ3) is 8.59. The molecule has 0 spiro atoms. The lowest BCUT2D eigenvalue weighted by Gasteiger charge is -2.45. The van der Waals surface area contributed by atoms with Crippen LogP contribution in [0.3, 0.4) is 0 Å². The normalized spacial score (nSPS) is 16.4. The van der Waals surface area contributed by atoms with Crippen LogP contribution in [0.15, 0.2) is 121 Å². The van der Waals surface area contributed by atoms with Gasteiger partial charge in [-0.3, -0.25) is 14.6 Å². The molecule has 1 fully saturated rings. The van der Waals surface area contributed by atoms with Gasteiger partial charge in [0.2, 0.25) is 5.91 Å². The zero-order valence-electron chi connectivity index (χ0n) is 25.9. The predicted molar refractivity (Wildman–Crippen MR) is 176 cm³/mol. The smallest absolute Gasteiger partial charge is 0.410 e. The van der Waals surface area contributed by atoms with Crippen LogP contribution in [0.4, 0.5) is 4.79 Å². The molecule has 1 N–H and O–H groups in total. The molecular weight excluding hydrogens is 562 g/mol. The molecule has 3 atom stereocenters. The minimum atomic E-state index is -1.19. The summed E-state index contributed by atoms with van der Waals surface area (Å²) in [6, 6.07) is 38.3. The Labute approximate surface area is 266 Å². The van der Waals surface area contributed by atoms with Crippen molar-refractivity contribution in [3.63, 3.8) is 0 Å². The van der Waals surface area contributed by atoms with Crippen molar-refractivity contribution < 1.29 is 19.4 Å². The summed E-state index contributed by atoms with van der Waals surface area (Å²) >= 11 is 0. The van der Waals surface area contributed by atoms with Crippen molar-refractivity contribution in [2.45, 2.75) is 57.6 Å². The van der Waals surface area contributed by atoms with E-state index in [1.165, 1.54) is 4.90 Å². The summed E-state index contributed by atoms with van der Waals surface area (Å²) in [5, 5.41) is 12.4. The molecule has 1 aliphatic heterocycles. The fourth-order valence-electron chi connectivity index (χ4n) is 6.09. The van der Waals surface area contributed by atoms with Crippen LogP contribution in [0.1, 0.15) is 35.6 Å². The third-order valence-corrected chi connectivity index (χ3v) is 8.38. The van der Waals surface area contributed by atoms with Gasteiger partial charge in [0.25, 0.3) is 0 Å². The van der Waals surface area contributed by atoms with E-state index in [1.54, 1.807) is 4.90 Å². The van der Waals surface area contributed by atoms with Gasteiger partial charge in [0, 0.05) is 38.8 Å². The molecule has 1 aliphatic rings. The Morgan fingerprint density at radius 3 is 1.78 bits per heavy atom. The van der Waals surface area contributed by atoms with Crippen molar-refractivity contribution in [3.8, 4) is 0 Å². The van der Waals surface area contributed by atoms with Gasteiger partial charge in [0.15, 0.2) is 0 Å². The number of carbonyl (C=O) groups excluding carboxylic acids is 2. The molecular formula is C38H43N3O4. The molecule has 0 aromatic heterocycles. The summed E-state index contributed by atoms with van der Waals surface area (Å²) in [6.07, 6.45) is -0.502. The molecule has 0 saturated carbocycles. The number of piperazine rings is 1.